The molecule has 1 saturated heterocycles. The molecule has 0 unspecified atom stereocenters. The molecule has 4 aromatic rings. The van der Waals surface area contributed by atoms with Gasteiger partial charge in [0.1, 0.15) is 24.7 Å². The van der Waals surface area contributed by atoms with Crippen molar-refractivity contribution in [3.63, 3.8) is 0 Å². The summed E-state index contributed by atoms with van der Waals surface area (Å²) in [4.78, 5) is 22.3. The summed E-state index contributed by atoms with van der Waals surface area (Å²) in [5.41, 5.74) is 4.94. The molecule has 0 radical (unpaired) electrons. The minimum absolute atomic E-state index is 0.121. The maximum atomic E-state index is 13.4. The molecule has 6 rings (SSSR count). The zero-order valence-electron chi connectivity index (χ0n) is 22.7. The van der Waals surface area contributed by atoms with Crippen molar-refractivity contribution in [3.05, 3.63) is 102 Å². The second-order valence-electron chi connectivity index (χ2n) is 10.1. The highest BCUT2D eigenvalue weighted by atomic mass is 16.5. The predicted molar refractivity (Wildman–Crippen MR) is 155 cm³/mol. The van der Waals surface area contributed by atoms with Crippen LogP contribution in [0.3, 0.4) is 0 Å². The normalized spacial score (nSPS) is 14.8. The van der Waals surface area contributed by atoms with Crippen molar-refractivity contribution in [2.24, 2.45) is 0 Å². The van der Waals surface area contributed by atoms with Crippen LogP contribution in [0.2, 0.25) is 0 Å². The lowest BCUT2D eigenvalue weighted by atomic mass is 10.1. The number of methoxy groups -OCH3 is 1. The minimum atomic E-state index is -0.121. The molecule has 3 heterocycles. The van der Waals surface area contributed by atoms with E-state index in [1.165, 1.54) is 12.8 Å². The molecule has 0 spiro atoms. The fraction of sp³-hybridized carbons (Fsp3) is 0.273. The Morgan fingerprint density at radius 2 is 1.65 bits per heavy atom. The fourth-order valence-corrected chi connectivity index (χ4v) is 5.24. The average Bonchev–Trinajstić information content (AvgIpc) is 3.64. The summed E-state index contributed by atoms with van der Waals surface area (Å²) >= 11 is 0. The first-order valence-corrected chi connectivity index (χ1v) is 13.8. The van der Waals surface area contributed by atoms with Crippen LogP contribution in [0.1, 0.15) is 34.5 Å². The van der Waals surface area contributed by atoms with Crippen LogP contribution in [-0.4, -0.2) is 49.1 Å². The molecule has 0 atom stereocenters. The van der Waals surface area contributed by atoms with Gasteiger partial charge < -0.3 is 19.1 Å². The zero-order chi connectivity index (χ0) is 27.3. The second kappa shape index (κ2) is 11.8. The van der Waals surface area contributed by atoms with Gasteiger partial charge in [0.15, 0.2) is 11.5 Å². The Bertz CT molecular complexity index is 1470. The number of rotatable bonds is 10. The van der Waals surface area contributed by atoms with Gasteiger partial charge in [-0.05, 0) is 74.0 Å². The molecule has 7 heteroatoms. The molecule has 3 aromatic carbocycles. The van der Waals surface area contributed by atoms with Gasteiger partial charge in [0.2, 0.25) is 0 Å². The Balaban J connectivity index is 1.12. The molecule has 0 N–H and O–H groups in total. The topological polar surface area (TPSA) is 64.1 Å². The molecule has 1 fully saturated rings. The van der Waals surface area contributed by atoms with E-state index in [2.05, 4.69) is 4.90 Å². The van der Waals surface area contributed by atoms with Crippen molar-refractivity contribution in [3.8, 4) is 28.5 Å². The maximum absolute atomic E-state index is 13.4. The van der Waals surface area contributed by atoms with Crippen LogP contribution in [0.5, 0.6) is 17.2 Å². The van der Waals surface area contributed by atoms with Crippen molar-refractivity contribution < 1.29 is 19.0 Å². The van der Waals surface area contributed by atoms with Crippen molar-refractivity contribution >= 4 is 11.6 Å². The highest BCUT2D eigenvalue weighted by molar-refractivity contribution is 6.09. The number of nitrogens with zero attached hydrogens (tertiary/aromatic N) is 3. The molecule has 2 aliphatic heterocycles. The maximum Gasteiger partial charge on any atom is 0.277 e. The molecule has 0 saturated carbocycles. The summed E-state index contributed by atoms with van der Waals surface area (Å²) in [6.07, 6.45) is 2.52. The number of fused-ring (bicyclic) bond motifs is 1. The summed E-state index contributed by atoms with van der Waals surface area (Å²) in [5, 5.41) is 0. The van der Waals surface area contributed by atoms with Gasteiger partial charge in [0, 0.05) is 29.4 Å². The Labute approximate surface area is 234 Å². The third-order valence-corrected chi connectivity index (χ3v) is 7.48. The summed E-state index contributed by atoms with van der Waals surface area (Å²) in [7, 11) is 1.62. The highest BCUT2D eigenvalue weighted by Crippen LogP contribution is 2.36. The minimum Gasteiger partial charge on any atom is -0.493 e. The van der Waals surface area contributed by atoms with E-state index in [9.17, 15) is 4.79 Å². The van der Waals surface area contributed by atoms with Gasteiger partial charge in [-0.15, -0.1) is 0 Å². The SMILES string of the molecule is COc1cc(N2Cc3ccc(-c4ccc(OCc5ccccc5)cc4)nc3C2=O)ccc1OCCN1CCCC1. The lowest BCUT2D eigenvalue weighted by Gasteiger charge is -2.19. The molecule has 204 valence electrons. The molecule has 1 amide bonds. The van der Waals surface area contributed by atoms with Crippen LogP contribution in [0.15, 0.2) is 84.9 Å². The van der Waals surface area contributed by atoms with E-state index in [4.69, 9.17) is 19.2 Å². The number of benzene rings is 3. The van der Waals surface area contributed by atoms with E-state index in [1.54, 1.807) is 12.0 Å². The van der Waals surface area contributed by atoms with Gasteiger partial charge in [0.25, 0.3) is 5.91 Å². The predicted octanol–water partition coefficient (Wildman–Crippen LogP) is 5.97. The molecular weight excluding hydrogens is 502 g/mol. The lowest BCUT2D eigenvalue weighted by Crippen LogP contribution is -2.25. The zero-order valence-corrected chi connectivity index (χ0v) is 22.7. The number of anilines is 1. The number of pyridine rings is 1. The summed E-state index contributed by atoms with van der Waals surface area (Å²) < 4.78 is 17.5. The van der Waals surface area contributed by atoms with Gasteiger partial charge in [-0.3, -0.25) is 9.69 Å². The van der Waals surface area contributed by atoms with E-state index in [0.29, 0.717) is 37.0 Å². The first-order chi connectivity index (χ1) is 19.7. The van der Waals surface area contributed by atoms with E-state index in [0.717, 1.165) is 53.5 Å². The van der Waals surface area contributed by atoms with E-state index in [1.807, 2.05) is 84.9 Å². The van der Waals surface area contributed by atoms with Gasteiger partial charge in [-0.25, -0.2) is 4.98 Å². The van der Waals surface area contributed by atoms with Gasteiger partial charge in [-0.2, -0.15) is 0 Å². The average molecular weight is 536 g/mol. The number of likely N-dealkylation sites (tertiary alicyclic amines) is 1. The lowest BCUT2D eigenvalue weighted by molar-refractivity contribution is 0.0992. The van der Waals surface area contributed by atoms with E-state index >= 15 is 0 Å². The van der Waals surface area contributed by atoms with Crippen molar-refractivity contribution in [2.75, 3.05) is 38.3 Å². The second-order valence-corrected chi connectivity index (χ2v) is 10.1. The van der Waals surface area contributed by atoms with Gasteiger partial charge in [-0.1, -0.05) is 36.4 Å². The van der Waals surface area contributed by atoms with Gasteiger partial charge >= 0.3 is 0 Å². The molecule has 0 bridgehead atoms. The van der Waals surface area contributed by atoms with E-state index < -0.39 is 0 Å². The largest absolute Gasteiger partial charge is 0.493 e. The molecule has 7 nitrogen and oxygen atoms in total. The summed E-state index contributed by atoms with van der Waals surface area (Å²) in [6, 6.07) is 27.5. The van der Waals surface area contributed by atoms with Crippen LogP contribution in [0.25, 0.3) is 11.3 Å². The monoisotopic (exact) mass is 535 g/mol. The number of hydrogen-bond acceptors (Lipinski definition) is 6. The highest BCUT2D eigenvalue weighted by Gasteiger charge is 2.31. The quantitative estimate of drug-likeness (QED) is 0.249. The third-order valence-electron chi connectivity index (χ3n) is 7.48. The Morgan fingerprint density at radius 3 is 2.42 bits per heavy atom. The van der Waals surface area contributed by atoms with E-state index in [-0.39, 0.29) is 5.91 Å². The van der Waals surface area contributed by atoms with Gasteiger partial charge in [0.05, 0.1) is 19.3 Å². The Hall–Kier alpha value is -4.36. The number of hydrogen-bond donors (Lipinski definition) is 0. The summed E-state index contributed by atoms with van der Waals surface area (Å²) in [6.45, 7) is 4.77. The molecule has 40 heavy (non-hydrogen) atoms. The standard InChI is InChI=1S/C33H33N3O4/c1-38-31-21-27(12-16-30(31)39-20-19-35-17-5-6-18-35)36-22-26-11-15-29(34-32(26)33(36)37)25-9-13-28(14-10-25)40-23-24-7-3-2-4-8-24/h2-4,7-16,21H,5-6,17-20,22-23H2,1H3. The van der Waals surface area contributed by atoms with Crippen LogP contribution in [0, 0.1) is 0 Å². The molecular formula is C33H33N3O4. The first kappa shape index (κ1) is 25.9. The van der Waals surface area contributed by atoms with Crippen molar-refractivity contribution in [2.45, 2.75) is 26.0 Å². The first-order valence-electron chi connectivity index (χ1n) is 13.8. The fourth-order valence-electron chi connectivity index (χ4n) is 5.24. The van der Waals surface area contributed by atoms with Crippen LogP contribution < -0.4 is 19.1 Å². The molecule has 2 aliphatic rings. The smallest absolute Gasteiger partial charge is 0.277 e. The van der Waals surface area contributed by atoms with Crippen molar-refractivity contribution in [1.29, 1.82) is 0 Å². The van der Waals surface area contributed by atoms with Crippen molar-refractivity contribution in [1.82, 2.24) is 9.88 Å². The van der Waals surface area contributed by atoms with Crippen LogP contribution in [-0.2, 0) is 13.2 Å². The number of carbonyl (C=O) groups excluding carboxylic acids is 1. The number of amides is 1. The van der Waals surface area contributed by atoms with Crippen LogP contribution >= 0.6 is 0 Å². The number of carbonyl (C=O) groups is 1. The molecule has 0 aliphatic carbocycles. The third kappa shape index (κ3) is 5.65. The Morgan fingerprint density at radius 1 is 0.850 bits per heavy atom. The number of aromatic nitrogens is 1. The molecule has 1 aromatic heterocycles. The number of ether oxygens (including phenoxy) is 3. The van der Waals surface area contributed by atoms with Crippen LogP contribution in [0.4, 0.5) is 5.69 Å². The summed E-state index contributed by atoms with van der Waals surface area (Å²) in [5.74, 6) is 1.97. The Kier molecular flexibility index (Phi) is 7.64.